The summed E-state index contributed by atoms with van der Waals surface area (Å²) in [5.41, 5.74) is 10.9. The van der Waals surface area contributed by atoms with Gasteiger partial charge in [0.15, 0.2) is 0 Å². The Labute approximate surface area is 157 Å². The molecule has 0 aromatic heterocycles. The van der Waals surface area contributed by atoms with Crippen molar-refractivity contribution >= 4 is 58.3 Å². The van der Waals surface area contributed by atoms with Crippen LogP contribution in [0.2, 0.25) is 0 Å². The molecule has 0 bridgehead atoms. The second-order valence-electron chi connectivity index (χ2n) is 5.09. The number of thiocarbonyl (C=S) groups is 1. The molecule has 2 rings (SSSR count). The summed E-state index contributed by atoms with van der Waals surface area (Å²) in [5.74, 6) is -0.900. The summed E-state index contributed by atoms with van der Waals surface area (Å²) in [4.78, 5) is 11.6. The number of aryl methyl sites for hydroxylation is 2. The van der Waals surface area contributed by atoms with Crippen LogP contribution < -0.4 is 5.73 Å². The molecule has 2 aromatic rings. The van der Waals surface area contributed by atoms with E-state index in [0.29, 0.717) is 16.1 Å². The molecular formula is C17H18NNaO2S. The first-order valence-electron chi connectivity index (χ1n) is 6.61. The van der Waals surface area contributed by atoms with E-state index in [2.05, 4.69) is 0 Å². The van der Waals surface area contributed by atoms with E-state index in [0.717, 1.165) is 22.3 Å². The topological polar surface area (TPSA) is 63.3 Å². The van der Waals surface area contributed by atoms with Crippen molar-refractivity contribution in [3.63, 3.8) is 0 Å². The first-order valence-corrected chi connectivity index (χ1v) is 7.02. The molecule has 5 heteroatoms. The third kappa shape index (κ3) is 4.17. The molecule has 0 atom stereocenters. The molecule has 3 nitrogen and oxygen atoms in total. The zero-order chi connectivity index (χ0) is 15.6. The van der Waals surface area contributed by atoms with E-state index in [9.17, 15) is 4.79 Å². The number of carboxylic acid groups (broad SMARTS) is 1. The average molecular weight is 323 g/mol. The third-order valence-electron chi connectivity index (χ3n) is 3.48. The Balaban J connectivity index is 0.00000242. The maximum atomic E-state index is 11.0. The molecule has 0 amide bonds. The van der Waals surface area contributed by atoms with Gasteiger partial charge in [0.25, 0.3) is 0 Å². The molecule has 0 saturated heterocycles. The Morgan fingerprint density at radius 2 is 1.73 bits per heavy atom. The van der Waals surface area contributed by atoms with Gasteiger partial charge in [0, 0.05) is 11.3 Å². The van der Waals surface area contributed by atoms with Crippen LogP contribution in [-0.4, -0.2) is 45.5 Å². The van der Waals surface area contributed by atoms with Crippen LogP contribution in [0.15, 0.2) is 36.4 Å². The van der Waals surface area contributed by atoms with E-state index >= 15 is 0 Å². The monoisotopic (exact) mass is 323 g/mol. The van der Waals surface area contributed by atoms with Crippen LogP contribution >= 0.6 is 12.2 Å². The number of rotatable bonds is 4. The Kier molecular flexibility index (Phi) is 6.75. The third-order valence-corrected chi connectivity index (χ3v) is 3.93. The fraction of sp³-hybridized carbons (Fsp3) is 0.176. The first kappa shape index (κ1) is 18.8. The van der Waals surface area contributed by atoms with Crippen LogP contribution in [0.25, 0.3) is 0 Å². The zero-order valence-corrected chi connectivity index (χ0v) is 12.8. The van der Waals surface area contributed by atoms with Gasteiger partial charge in [-0.05, 0) is 30.5 Å². The van der Waals surface area contributed by atoms with Crippen molar-refractivity contribution in [1.29, 1.82) is 0 Å². The number of nitrogens with two attached hydrogens (primary N) is 1. The second kappa shape index (κ2) is 7.88. The van der Waals surface area contributed by atoms with E-state index in [-0.39, 0.29) is 36.0 Å². The number of aliphatic carboxylic acids is 1. The molecule has 0 saturated carbocycles. The van der Waals surface area contributed by atoms with Gasteiger partial charge in [-0.1, -0.05) is 54.2 Å². The Hall–Kier alpha value is -1.20. The summed E-state index contributed by atoms with van der Waals surface area (Å²) in [6.07, 6.45) is -0.0952. The average Bonchev–Trinajstić information content (AvgIpc) is 2.43. The van der Waals surface area contributed by atoms with E-state index in [1.807, 2.05) is 50.2 Å². The zero-order valence-electron chi connectivity index (χ0n) is 12.0. The number of hydrogen-bond donors (Lipinski definition) is 2. The minimum absolute atomic E-state index is 0. The van der Waals surface area contributed by atoms with Crippen molar-refractivity contribution in [2.45, 2.75) is 20.3 Å². The maximum absolute atomic E-state index is 11.0. The van der Waals surface area contributed by atoms with Crippen LogP contribution in [-0.2, 0) is 11.2 Å². The van der Waals surface area contributed by atoms with Crippen LogP contribution in [0.3, 0.4) is 0 Å². The Morgan fingerprint density at radius 1 is 1.14 bits per heavy atom. The molecule has 0 aliphatic rings. The van der Waals surface area contributed by atoms with E-state index in [1.54, 1.807) is 0 Å². The second-order valence-corrected chi connectivity index (χ2v) is 5.50. The number of anilines is 1. The van der Waals surface area contributed by atoms with Crippen LogP contribution in [0, 0.1) is 13.8 Å². The molecule has 22 heavy (non-hydrogen) atoms. The fourth-order valence-corrected chi connectivity index (χ4v) is 2.53. The summed E-state index contributed by atoms with van der Waals surface area (Å²) in [6.45, 7) is 3.87. The van der Waals surface area contributed by atoms with Gasteiger partial charge in [-0.15, -0.1) is 0 Å². The van der Waals surface area contributed by atoms with Gasteiger partial charge < -0.3 is 10.8 Å². The molecule has 110 valence electrons. The predicted octanol–water partition coefficient (Wildman–Crippen LogP) is 2.63. The van der Waals surface area contributed by atoms with Crippen molar-refractivity contribution in [3.8, 4) is 0 Å². The summed E-state index contributed by atoms with van der Waals surface area (Å²) in [7, 11) is 0. The SMILES string of the molecule is Cc1ccc(C(=S)c2ccc(C)c(CC(=O)O)c2N)cc1.[NaH]. The molecular weight excluding hydrogens is 305 g/mol. The van der Waals surface area contributed by atoms with Crippen LogP contribution in [0.5, 0.6) is 0 Å². The van der Waals surface area contributed by atoms with Gasteiger partial charge in [-0.2, -0.15) is 0 Å². The summed E-state index contributed by atoms with van der Waals surface area (Å²) < 4.78 is 0. The van der Waals surface area contributed by atoms with Gasteiger partial charge in [-0.3, -0.25) is 4.79 Å². The van der Waals surface area contributed by atoms with Gasteiger partial charge in [0.2, 0.25) is 0 Å². The van der Waals surface area contributed by atoms with Gasteiger partial charge >= 0.3 is 35.5 Å². The van der Waals surface area contributed by atoms with E-state index in [1.165, 1.54) is 0 Å². The molecule has 0 fully saturated rings. The molecule has 3 N–H and O–H groups in total. The normalized spacial score (nSPS) is 9.91. The van der Waals surface area contributed by atoms with Crippen molar-refractivity contribution in [1.82, 2.24) is 0 Å². The molecule has 0 radical (unpaired) electrons. The number of hydrogen-bond acceptors (Lipinski definition) is 3. The fourth-order valence-electron chi connectivity index (χ4n) is 2.22. The van der Waals surface area contributed by atoms with E-state index in [4.69, 9.17) is 23.1 Å². The Bertz CT molecular complexity index is 711. The first-order chi connectivity index (χ1) is 9.90. The Morgan fingerprint density at radius 3 is 2.27 bits per heavy atom. The quantitative estimate of drug-likeness (QED) is 0.393. The van der Waals surface area contributed by atoms with Crippen LogP contribution in [0.4, 0.5) is 5.69 Å². The number of carbonyl (C=O) groups is 1. The van der Waals surface area contributed by atoms with Crippen molar-refractivity contribution in [3.05, 3.63) is 64.2 Å². The number of carboxylic acids is 1. The molecule has 0 aliphatic heterocycles. The molecule has 0 heterocycles. The molecule has 0 unspecified atom stereocenters. The standard InChI is InChI=1S/C17H17NO2S.Na.H/c1-10-3-6-12(7-4-10)17(21)13-8-5-11(2)14(16(13)18)9-15(19)20;;/h3-8H,9,18H2,1-2H3,(H,19,20);;. The number of benzene rings is 2. The molecule has 0 aliphatic carbocycles. The van der Waals surface area contributed by atoms with Crippen molar-refractivity contribution in [2.24, 2.45) is 0 Å². The minimum atomic E-state index is -0.900. The summed E-state index contributed by atoms with van der Waals surface area (Å²) >= 11 is 5.51. The van der Waals surface area contributed by atoms with Gasteiger partial charge in [0.05, 0.1) is 11.3 Å². The van der Waals surface area contributed by atoms with Crippen molar-refractivity contribution < 1.29 is 9.90 Å². The molecule has 2 aromatic carbocycles. The van der Waals surface area contributed by atoms with Gasteiger partial charge in [0.1, 0.15) is 0 Å². The summed E-state index contributed by atoms with van der Waals surface area (Å²) in [6, 6.07) is 11.6. The van der Waals surface area contributed by atoms with Crippen molar-refractivity contribution in [2.75, 3.05) is 5.73 Å². The van der Waals surface area contributed by atoms with E-state index < -0.39 is 5.97 Å². The number of nitrogen functional groups attached to an aromatic ring is 1. The van der Waals surface area contributed by atoms with Crippen LogP contribution in [0.1, 0.15) is 27.8 Å². The molecule has 0 spiro atoms. The summed E-state index contributed by atoms with van der Waals surface area (Å²) in [5, 5.41) is 9.00. The van der Waals surface area contributed by atoms with Gasteiger partial charge in [-0.25, -0.2) is 0 Å². The predicted molar refractivity (Wildman–Crippen MR) is 96.1 cm³/mol.